The van der Waals surface area contributed by atoms with Crippen LogP contribution >= 0.6 is 11.6 Å². The third-order valence-corrected chi connectivity index (χ3v) is 6.13. The summed E-state index contributed by atoms with van der Waals surface area (Å²) in [7, 11) is 0. The van der Waals surface area contributed by atoms with Crippen molar-refractivity contribution in [1.82, 2.24) is 4.90 Å². The Morgan fingerprint density at radius 3 is 2.69 bits per heavy atom. The van der Waals surface area contributed by atoms with Gasteiger partial charge in [0.1, 0.15) is 18.5 Å². The van der Waals surface area contributed by atoms with Gasteiger partial charge in [0.15, 0.2) is 0 Å². The fourth-order valence-corrected chi connectivity index (χ4v) is 4.23. The number of ether oxygens (including phenoxy) is 2. The van der Waals surface area contributed by atoms with Crippen molar-refractivity contribution in [1.29, 1.82) is 0 Å². The van der Waals surface area contributed by atoms with Crippen LogP contribution in [0.2, 0.25) is 5.02 Å². The molecule has 2 N–H and O–H groups in total. The molecular formula is C25H26ClFN4O5. The first-order valence-electron chi connectivity index (χ1n) is 11.4. The minimum atomic E-state index is -0.896. The van der Waals surface area contributed by atoms with Crippen LogP contribution in [0.4, 0.5) is 26.2 Å². The van der Waals surface area contributed by atoms with Crippen LogP contribution in [0.15, 0.2) is 55.1 Å². The second-order valence-electron chi connectivity index (χ2n) is 8.34. The normalized spacial score (nSPS) is 19.8. The van der Waals surface area contributed by atoms with E-state index in [1.807, 2.05) is 0 Å². The topological polar surface area (TPSA) is 100 Å². The lowest BCUT2D eigenvalue weighted by molar-refractivity contribution is -0.125. The van der Waals surface area contributed by atoms with Crippen LogP contribution < -0.4 is 15.5 Å². The highest BCUT2D eigenvalue weighted by molar-refractivity contribution is 6.30. The number of benzene rings is 2. The van der Waals surface area contributed by atoms with Gasteiger partial charge in [-0.1, -0.05) is 17.7 Å². The number of hydrogen-bond donors (Lipinski definition) is 2. The van der Waals surface area contributed by atoms with E-state index in [1.54, 1.807) is 36.4 Å². The van der Waals surface area contributed by atoms with Crippen LogP contribution in [-0.4, -0.2) is 67.8 Å². The number of carbonyl (C=O) groups excluding carboxylic acids is 3. The molecule has 11 heteroatoms. The van der Waals surface area contributed by atoms with Gasteiger partial charge >= 0.3 is 6.03 Å². The number of likely N-dealkylation sites (tertiary alicyclic amines) is 1. The zero-order valence-corrected chi connectivity index (χ0v) is 20.2. The summed E-state index contributed by atoms with van der Waals surface area (Å²) in [6, 6.07) is 9.31. The Hall–Kier alpha value is -3.47. The van der Waals surface area contributed by atoms with Gasteiger partial charge in [-0.25, -0.2) is 9.18 Å². The van der Waals surface area contributed by atoms with Crippen molar-refractivity contribution in [3.63, 3.8) is 0 Å². The number of nitrogens with zero attached hydrogens (tertiary/aromatic N) is 2. The Kier molecular flexibility index (Phi) is 8.19. The quantitative estimate of drug-likeness (QED) is 0.547. The number of halogens is 2. The number of nitrogens with one attached hydrogen (secondary N) is 2. The SMILES string of the molecule is C=CCO[C@@H]1C[C@H](C(=O)Nc2ccc(N3CCOCC3=O)cc2F)N(C(=O)Nc2ccc(Cl)cc2)C1. The summed E-state index contributed by atoms with van der Waals surface area (Å²) in [5, 5.41) is 5.84. The van der Waals surface area contributed by atoms with E-state index in [9.17, 15) is 18.8 Å². The van der Waals surface area contributed by atoms with Crippen molar-refractivity contribution in [3.05, 3.63) is 66.0 Å². The molecule has 0 unspecified atom stereocenters. The molecule has 2 aromatic carbocycles. The first kappa shape index (κ1) is 25.6. The van der Waals surface area contributed by atoms with Crippen molar-refractivity contribution >= 4 is 46.5 Å². The average Bonchev–Trinajstić information content (AvgIpc) is 3.30. The molecule has 190 valence electrons. The Labute approximate surface area is 212 Å². The van der Waals surface area contributed by atoms with E-state index in [-0.39, 0.29) is 37.8 Å². The zero-order valence-electron chi connectivity index (χ0n) is 19.4. The summed E-state index contributed by atoms with van der Waals surface area (Å²) >= 11 is 5.90. The van der Waals surface area contributed by atoms with E-state index in [4.69, 9.17) is 21.1 Å². The third kappa shape index (κ3) is 6.01. The second-order valence-corrected chi connectivity index (χ2v) is 8.77. The van der Waals surface area contributed by atoms with Crippen molar-refractivity contribution < 1.29 is 28.2 Å². The molecule has 2 heterocycles. The minimum Gasteiger partial charge on any atom is -0.372 e. The number of rotatable bonds is 7. The molecule has 0 aliphatic carbocycles. The van der Waals surface area contributed by atoms with E-state index in [2.05, 4.69) is 17.2 Å². The largest absolute Gasteiger partial charge is 0.372 e. The smallest absolute Gasteiger partial charge is 0.322 e. The molecule has 4 amide bonds. The van der Waals surface area contributed by atoms with E-state index in [1.165, 1.54) is 21.9 Å². The molecule has 0 bridgehead atoms. The molecule has 2 aliphatic heterocycles. The van der Waals surface area contributed by atoms with Crippen LogP contribution in [0.1, 0.15) is 6.42 Å². The number of morpholine rings is 1. The van der Waals surface area contributed by atoms with Gasteiger partial charge in [-0.15, -0.1) is 6.58 Å². The average molecular weight is 517 g/mol. The Morgan fingerprint density at radius 2 is 2.00 bits per heavy atom. The van der Waals surface area contributed by atoms with Gasteiger partial charge in [-0.2, -0.15) is 0 Å². The Balaban J connectivity index is 1.47. The number of amides is 4. The molecule has 2 fully saturated rings. The van der Waals surface area contributed by atoms with Crippen LogP contribution in [0.5, 0.6) is 0 Å². The summed E-state index contributed by atoms with van der Waals surface area (Å²) in [6.45, 7) is 4.67. The Morgan fingerprint density at radius 1 is 1.22 bits per heavy atom. The summed E-state index contributed by atoms with van der Waals surface area (Å²) in [6.07, 6.45) is 1.42. The lowest BCUT2D eigenvalue weighted by Gasteiger charge is -2.27. The van der Waals surface area contributed by atoms with E-state index in [0.29, 0.717) is 29.5 Å². The van der Waals surface area contributed by atoms with Gasteiger partial charge in [0.2, 0.25) is 5.91 Å². The molecule has 2 saturated heterocycles. The van der Waals surface area contributed by atoms with Gasteiger partial charge in [-0.05, 0) is 42.5 Å². The lowest BCUT2D eigenvalue weighted by Crippen LogP contribution is -2.45. The fraction of sp³-hybridized carbons (Fsp3) is 0.320. The van der Waals surface area contributed by atoms with Crippen molar-refractivity contribution in [2.24, 2.45) is 0 Å². The maximum absolute atomic E-state index is 14.9. The van der Waals surface area contributed by atoms with E-state index >= 15 is 0 Å². The highest BCUT2D eigenvalue weighted by atomic mass is 35.5. The minimum absolute atomic E-state index is 0.0574. The molecule has 0 spiro atoms. The maximum atomic E-state index is 14.9. The standard InChI is InChI=1S/C25H26ClFN4O5/c1-2-10-36-19-13-22(31(14-19)25(34)28-17-5-3-16(26)4-6-17)24(33)29-21-8-7-18(12-20(21)27)30-9-11-35-15-23(30)32/h2-8,12,19,22H,1,9-11,13-15H2,(H,28,34)(H,29,33)/t19-,22-/m1/s1. The number of urea groups is 1. The van der Waals surface area contributed by atoms with Crippen LogP contribution in [0.25, 0.3) is 0 Å². The molecule has 0 aromatic heterocycles. The number of hydrogen-bond acceptors (Lipinski definition) is 5. The molecule has 2 aliphatic rings. The molecule has 2 atom stereocenters. The molecule has 0 radical (unpaired) electrons. The molecule has 4 rings (SSSR count). The van der Waals surface area contributed by atoms with E-state index < -0.39 is 29.9 Å². The fourth-order valence-electron chi connectivity index (χ4n) is 4.10. The first-order valence-corrected chi connectivity index (χ1v) is 11.8. The molecule has 2 aromatic rings. The summed E-state index contributed by atoms with van der Waals surface area (Å²) < 4.78 is 25.7. The predicted molar refractivity (Wildman–Crippen MR) is 134 cm³/mol. The van der Waals surface area contributed by atoms with Crippen molar-refractivity contribution in [2.45, 2.75) is 18.6 Å². The molecule has 9 nitrogen and oxygen atoms in total. The first-order chi connectivity index (χ1) is 17.4. The van der Waals surface area contributed by atoms with Gasteiger partial charge in [0, 0.05) is 35.9 Å². The summed E-state index contributed by atoms with van der Waals surface area (Å²) in [4.78, 5) is 41.0. The maximum Gasteiger partial charge on any atom is 0.322 e. The zero-order chi connectivity index (χ0) is 25.7. The number of carbonyl (C=O) groups is 3. The summed E-state index contributed by atoms with van der Waals surface area (Å²) in [5.74, 6) is -1.52. The number of anilines is 3. The van der Waals surface area contributed by atoms with Crippen molar-refractivity contribution in [2.75, 3.05) is 48.4 Å². The Bertz CT molecular complexity index is 1150. The highest BCUT2D eigenvalue weighted by Gasteiger charge is 2.40. The lowest BCUT2D eigenvalue weighted by atomic mass is 10.1. The third-order valence-electron chi connectivity index (χ3n) is 5.88. The predicted octanol–water partition coefficient (Wildman–Crippen LogP) is 3.66. The molecule has 0 saturated carbocycles. The highest BCUT2D eigenvalue weighted by Crippen LogP contribution is 2.27. The summed E-state index contributed by atoms with van der Waals surface area (Å²) in [5.41, 5.74) is 0.831. The second kappa shape index (κ2) is 11.5. The van der Waals surface area contributed by atoms with Crippen LogP contribution in [0, 0.1) is 5.82 Å². The molecule has 36 heavy (non-hydrogen) atoms. The van der Waals surface area contributed by atoms with Crippen LogP contribution in [-0.2, 0) is 19.1 Å². The van der Waals surface area contributed by atoms with E-state index in [0.717, 1.165) is 0 Å². The van der Waals surface area contributed by atoms with Gasteiger partial charge in [-0.3, -0.25) is 9.59 Å². The van der Waals surface area contributed by atoms with Gasteiger partial charge in [0.25, 0.3) is 5.91 Å². The monoisotopic (exact) mass is 516 g/mol. The van der Waals surface area contributed by atoms with Crippen molar-refractivity contribution in [3.8, 4) is 0 Å². The van der Waals surface area contributed by atoms with Crippen LogP contribution in [0.3, 0.4) is 0 Å². The van der Waals surface area contributed by atoms with Gasteiger partial charge < -0.3 is 29.9 Å². The van der Waals surface area contributed by atoms with Gasteiger partial charge in [0.05, 0.1) is 25.0 Å². The molecular weight excluding hydrogens is 491 g/mol.